The Bertz CT molecular complexity index is 2780. The van der Waals surface area contributed by atoms with E-state index in [0.29, 0.717) is 0 Å². The Kier molecular flexibility index (Phi) is 8.98. The third-order valence-corrected chi connectivity index (χ3v) is 11.0. The van der Waals surface area contributed by atoms with Crippen LogP contribution in [0.25, 0.3) is 73.2 Å². The van der Waals surface area contributed by atoms with Crippen molar-refractivity contribution in [3.63, 3.8) is 0 Å². The fourth-order valence-corrected chi connectivity index (χ4v) is 8.24. The van der Waals surface area contributed by atoms with Gasteiger partial charge in [0, 0.05) is 33.7 Å². The van der Waals surface area contributed by atoms with Gasteiger partial charge in [0.2, 0.25) is 0 Å². The minimum Gasteiger partial charge on any atom is -0.310 e. The summed E-state index contributed by atoms with van der Waals surface area (Å²) in [5.74, 6) is 0. The second kappa shape index (κ2) is 15.0. The van der Waals surface area contributed by atoms with Crippen molar-refractivity contribution in [2.75, 3.05) is 4.90 Å². The third kappa shape index (κ3) is 6.58. The highest BCUT2D eigenvalue weighted by Gasteiger charge is 2.20. The van der Waals surface area contributed by atoms with Crippen molar-refractivity contribution >= 4 is 40.1 Å². The van der Waals surface area contributed by atoms with Gasteiger partial charge in [-0.3, -0.25) is 0 Å². The van der Waals surface area contributed by atoms with Crippen molar-refractivity contribution in [1.29, 1.82) is 0 Å². The zero-order valence-electron chi connectivity index (χ0n) is 31.5. The van der Waals surface area contributed by atoms with Gasteiger partial charge in [-0.25, -0.2) is 0 Å². The lowest BCUT2D eigenvalue weighted by molar-refractivity contribution is 1.10. The Morgan fingerprint density at radius 2 is 0.860 bits per heavy atom. The molecule has 1 aliphatic carbocycles. The lowest BCUT2D eigenvalue weighted by Crippen LogP contribution is -2.10. The average Bonchev–Trinajstić information content (AvgIpc) is 3.40. The SMILES string of the molecule is C1=Cc2c(n(-c3ccccc3)c3ccc(-c4ccc(N(c5ccc(-c6ccccc6)cc5)c5ccc(-c6ccccc6)cc5)cc4-c4ccccc4)cc23)C=CC1. The summed E-state index contributed by atoms with van der Waals surface area (Å²) in [7, 11) is 0. The minimum atomic E-state index is 0.921. The van der Waals surface area contributed by atoms with E-state index in [1.807, 2.05) is 0 Å². The van der Waals surface area contributed by atoms with Gasteiger partial charge in [0.05, 0.1) is 11.2 Å². The molecule has 0 atom stereocenters. The van der Waals surface area contributed by atoms with Gasteiger partial charge in [0.1, 0.15) is 0 Å². The molecular weight excluding hydrogens is 689 g/mol. The van der Waals surface area contributed by atoms with E-state index in [0.717, 1.165) is 23.5 Å². The van der Waals surface area contributed by atoms with Gasteiger partial charge in [0.15, 0.2) is 0 Å². The first kappa shape index (κ1) is 34.1. The number of allylic oxidation sites excluding steroid dienone is 2. The van der Waals surface area contributed by atoms with Crippen molar-refractivity contribution < 1.29 is 0 Å². The predicted octanol–water partition coefficient (Wildman–Crippen LogP) is 15.2. The summed E-state index contributed by atoms with van der Waals surface area (Å²) in [5, 5.41) is 1.25. The van der Waals surface area contributed by atoms with E-state index in [1.54, 1.807) is 0 Å². The summed E-state index contributed by atoms with van der Waals surface area (Å²) in [5.41, 5.74) is 17.7. The number of anilines is 3. The Morgan fingerprint density at radius 3 is 1.46 bits per heavy atom. The number of rotatable bonds is 8. The fourth-order valence-electron chi connectivity index (χ4n) is 8.24. The van der Waals surface area contributed by atoms with E-state index in [-0.39, 0.29) is 0 Å². The van der Waals surface area contributed by atoms with Crippen LogP contribution in [0.1, 0.15) is 17.7 Å². The standard InChI is InChI=1S/C55H40N2/c1-6-16-40(17-7-1)42-26-31-47(32-27-42)56(48-33-28-43(29-34-48)41-18-8-2-9-19-41)49-35-36-50(52(39-49)44-20-10-3-11-21-44)45-30-37-55-53(38-45)51-24-14-5-15-25-54(51)57(55)46-22-12-4-13-23-46/h1-4,6-39H,5H2. The molecule has 0 saturated heterocycles. The molecule has 0 amide bonds. The molecule has 57 heavy (non-hydrogen) atoms. The van der Waals surface area contributed by atoms with Crippen LogP contribution >= 0.6 is 0 Å². The zero-order valence-corrected chi connectivity index (χ0v) is 31.5. The van der Waals surface area contributed by atoms with Crippen LogP contribution in [0.5, 0.6) is 0 Å². The van der Waals surface area contributed by atoms with E-state index in [2.05, 4.69) is 240 Å². The first-order chi connectivity index (χ1) is 28.3. The summed E-state index contributed by atoms with van der Waals surface area (Å²) in [6.45, 7) is 0. The van der Waals surface area contributed by atoms with Crippen LogP contribution < -0.4 is 4.90 Å². The van der Waals surface area contributed by atoms with Crippen LogP contribution in [0.2, 0.25) is 0 Å². The van der Waals surface area contributed by atoms with Crippen molar-refractivity contribution in [2.45, 2.75) is 6.42 Å². The maximum absolute atomic E-state index is 2.39. The molecule has 10 rings (SSSR count). The molecule has 0 unspecified atom stereocenters. The average molecular weight is 729 g/mol. The van der Waals surface area contributed by atoms with Crippen LogP contribution in [0, 0.1) is 0 Å². The van der Waals surface area contributed by atoms with Crippen molar-refractivity contribution in [1.82, 2.24) is 4.57 Å². The summed E-state index contributed by atoms with van der Waals surface area (Å²) < 4.78 is 2.39. The highest BCUT2D eigenvalue weighted by Crippen LogP contribution is 2.43. The monoisotopic (exact) mass is 728 g/mol. The maximum atomic E-state index is 2.39. The minimum absolute atomic E-state index is 0.921. The number of benzene rings is 8. The molecule has 0 N–H and O–H groups in total. The van der Waals surface area contributed by atoms with Crippen LogP contribution in [0.3, 0.4) is 0 Å². The molecule has 270 valence electrons. The normalized spacial score (nSPS) is 12.0. The Balaban J connectivity index is 1.13. The highest BCUT2D eigenvalue weighted by atomic mass is 15.1. The van der Waals surface area contributed by atoms with Gasteiger partial charge >= 0.3 is 0 Å². The van der Waals surface area contributed by atoms with E-state index >= 15 is 0 Å². The van der Waals surface area contributed by atoms with Crippen LogP contribution in [0.15, 0.2) is 218 Å². The molecule has 9 aromatic rings. The molecule has 1 heterocycles. The third-order valence-electron chi connectivity index (χ3n) is 11.0. The fraction of sp³-hybridized carbons (Fsp3) is 0.0182. The number of fused-ring (bicyclic) bond motifs is 3. The number of hydrogen-bond donors (Lipinski definition) is 0. The lowest BCUT2D eigenvalue weighted by Gasteiger charge is -2.27. The molecule has 2 heteroatoms. The van der Waals surface area contributed by atoms with Crippen molar-refractivity contribution in [3.05, 3.63) is 230 Å². The molecule has 1 aliphatic rings. The second-order valence-electron chi connectivity index (χ2n) is 14.5. The smallest absolute Gasteiger partial charge is 0.0541 e. The summed E-state index contributed by atoms with van der Waals surface area (Å²) in [6, 6.07) is 74.5. The van der Waals surface area contributed by atoms with Crippen molar-refractivity contribution in [2.24, 2.45) is 0 Å². The lowest BCUT2D eigenvalue weighted by atomic mass is 9.92. The molecule has 8 aromatic carbocycles. The van der Waals surface area contributed by atoms with Crippen LogP contribution in [0.4, 0.5) is 17.1 Å². The molecule has 1 aromatic heterocycles. The van der Waals surface area contributed by atoms with Crippen molar-refractivity contribution in [3.8, 4) is 50.2 Å². The largest absolute Gasteiger partial charge is 0.310 e. The topological polar surface area (TPSA) is 8.17 Å². The van der Waals surface area contributed by atoms with Gasteiger partial charge in [-0.15, -0.1) is 0 Å². The number of nitrogens with zero attached hydrogens (tertiary/aromatic N) is 2. The number of aromatic nitrogens is 1. The summed E-state index contributed by atoms with van der Waals surface area (Å²) in [4.78, 5) is 2.37. The molecule has 0 aliphatic heterocycles. The predicted molar refractivity (Wildman–Crippen MR) is 242 cm³/mol. The zero-order chi connectivity index (χ0) is 38.0. The number of para-hydroxylation sites is 1. The van der Waals surface area contributed by atoms with E-state index < -0.39 is 0 Å². The van der Waals surface area contributed by atoms with Gasteiger partial charge in [-0.2, -0.15) is 0 Å². The van der Waals surface area contributed by atoms with E-state index in [9.17, 15) is 0 Å². The van der Waals surface area contributed by atoms with Gasteiger partial charge in [-0.1, -0.05) is 164 Å². The van der Waals surface area contributed by atoms with Gasteiger partial charge in [-0.05, 0) is 118 Å². The molecule has 0 radical (unpaired) electrons. The molecule has 0 bridgehead atoms. The molecule has 0 saturated carbocycles. The quantitative estimate of drug-likeness (QED) is 0.151. The highest BCUT2D eigenvalue weighted by molar-refractivity contribution is 6.00. The van der Waals surface area contributed by atoms with Crippen LogP contribution in [-0.4, -0.2) is 4.57 Å². The summed E-state index contributed by atoms with van der Waals surface area (Å²) >= 11 is 0. The summed E-state index contributed by atoms with van der Waals surface area (Å²) in [6.07, 6.45) is 10.0. The van der Waals surface area contributed by atoms with Gasteiger partial charge in [0.25, 0.3) is 0 Å². The molecule has 2 nitrogen and oxygen atoms in total. The van der Waals surface area contributed by atoms with E-state index in [4.69, 9.17) is 0 Å². The molecule has 0 fully saturated rings. The number of hydrogen-bond acceptors (Lipinski definition) is 1. The van der Waals surface area contributed by atoms with E-state index in [1.165, 1.54) is 72.4 Å². The second-order valence-corrected chi connectivity index (χ2v) is 14.5. The van der Waals surface area contributed by atoms with Gasteiger partial charge < -0.3 is 9.47 Å². The maximum Gasteiger partial charge on any atom is 0.0541 e. The first-order valence-electron chi connectivity index (χ1n) is 19.7. The Hall–Kier alpha value is -7.42. The first-order valence-corrected chi connectivity index (χ1v) is 19.7. The molecular formula is C55H40N2. The Labute approximate surface area is 334 Å². The van der Waals surface area contributed by atoms with Crippen LogP contribution in [-0.2, 0) is 0 Å². The molecule has 0 spiro atoms. The Morgan fingerprint density at radius 1 is 0.368 bits per heavy atom.